The summed E-state index contributed by atoms with van der Waals surface area (Å²) in [7, 11) is -3.90. The maximum atomic E-state index is 12.9. The molecule has 0 aliphatic rings. The number of rotatable bonds is 5. The fraction of sp³-hybridized carbons (Fsp3) is 0.188. The van der Waals surface area contributed by atoms with E-state index in [1.807, 2.05) is 19.1 Å². The molecule has 0 heterocycles. The Balaban J connectivity index is 2.05. The molecule has 0 aromatic heterocycles. The molecule has 0 unspecified atom stereocenters. The SMILES string of the molecule is Cc1ccc(NC(=O)[C@@H](C)NS(=O)(=O)c2ccc(F)cc2)cc1. The van der Waals surface area contributed by atoms with Gasteiger partial charge in [-0.15, -0.1) is 0 Å². The molecule has 5 nitrogen and oxygen atoms in total. The zero-order valence-corrected chi connectivity index (χ0v) is 13.5. The number of amides is 1. The quantitative estimate of drug-likeness (QED) is 0.880. The van der Waals surface area contributed by atoms with Gasteiger partial charge in [0.25, 0.3) is 0 Å². The van der Waals surface area contributed by atoms with Gasteiger partial charge in [0.2, 0.25) is 15.9 Å². The Morgan fingerprint density at radius 2 is 1.61 bits per heavy atom. The highest BCUT2D eigenvalue weighted by Crippen LogP contribution is 2.12. The van der Waals surface area contributed by atoms with Crippen LogP contribution in [-0.4, -0.2) is 20.4 Å². The van der Waals surface area contributed by atoms with Crippen LogP contribution in [0.1, 0.15) is 12.5 Å². The van der Waals surface area contributed by atoms with E-state index in [0.717, 1.165) is 29.8 Å². The topological polar surface area (TPSA) is 75.3 Å². The average molecular weight is 336 g/mol. The maximum absolute atomic E-state index is 12.9. The van der Waals surface area contributed by atoms with Crippen molar-refractivity contribution in [3.05, 3.63) is 59.9 Å². The Labute approximate surface area is 134 Å². The van der Waals surface area contributed by atoms with Crippen molar-refractivity contribution in [3.8, 4) is 0 Å². The van der Waals surface area contributed by atoms with E-state index in [1.54, 1.807) is 12.1 Å². The van der Waals surface area contributed by atoms with E-state index < -0.39 is 27.8 Å². The number of hydrogen-bond acceptors (Lipinski definition) is 3. The largest absolute Gasteiger partial charge is 0.325 e. The van der Waals surface area contributed by atoms with E-state index in [9.17, 15) is 17.6 Å². The van der Waals surface area contributed by atoms with E-state index in [0.29, 0.717) is 5.69 Å². The van der Waals surface area contributed by atoms with Gasteiger partial charge in [0.1, 0.15) is 5.82 Å². The zero-order chi connectivity index (χ0) is 17.0. The summed E-state index contributed by atoms with van der Waals surface area (Å²) in [5, 5.41) is 2.63. The fourth-order valence-corrected chi connectivity index (χ4v) is 3.06. The van der Waals surface area contributed by atoms with Crippen LogP contribution in [0.3, 0.4) is 0 Å². The average Bonchev–Trinajstić information content (AvgIpc) is 2.49. The minimum absolute atomic E-state index is 0.103. The monoisotopic (exact) mass is 336 g/mol. The van der Waals surface area contributed by atoms with Gasteiger partial charge in [-0.05, 0) is 50.2 Å². The maximum Gasteiger partial charge on any atom is 0.242 e. The third-order valence-electron chi connectivity index (χ3n) is 3.17. The summed E-state index contributed by atoms with van der Waals surface area (Å²) in [6.45, 7) is 3.36. The molecular formula is C16H17FN2O3S. The number of aryl methyl sites for hydroxylation is 1. The van der Waals surface area contributed by atoms with Crippen molar-refractivity contribution < 1.29 is 17.6 Å². The molecule has 0 fully saturated rings. The summed E-state index contributed by atoms with van der Waals surface area (Å²) in [6.07, 6.45) is 0. The number of nitrogens with one attached hydrogen (secondary N) is 2. The lowest BCUT2D eigenvalue weighted by atomic mass is 10.2. The highest BCUT2D eigenvalue weighted by atomic mass is 32.2. The molecule has 0 saturated carbocycles. The number of halogens is 1. The molecule has 2 aromatic rings. The van der Waals surface area contributed by atoms with Gasteiger partial charge >= 0.3 is 0 Å². The first kappa shape index (κ1) is 17.1. The van der Waals surface area contributed by atoms with Gasteiger partial charge in [-0.1, -0.05) is 17.7 Å². The molecule has 0 aliphatic heterocycles. The number of carbonyl (C=O) groups is 1. The molecule has 2 N–H and O–H groups in total. The first-order chi connectivity index (χ1) is 10.8. The molecule has 0 aliphatic carbocycles. The zero-order valence-electron chi connectivity index (χ0n) is 12.7. The van der Waals surface area contributed by atoms with E-state index >= 15 is 0 Å². The van der Waals surface area contributed by atoms with Crippen molar-refractivity contribution in [2.75, 3.05) is 5.32 Å². The Morgan fingerprint density at radius 1 is 1.04 bits per heavy atom. The van der Waals surface area contributed by atoms with Gasteiger partial charge in [-0.2, -0.15) is 4.72 Å². The molecule has 7 heteroatoms. The first-order valence-electron chi connectivity index (χ1n) is 6.93. The fourth-order valence-electron chi connectivity index (χ4n) is 1.86. The molecule has 0 spiro atoms. The number of carbonyl (C=O) groups excluding carboxylic acids is 1. The minimum atomic E-state index is -3.90. The number of benzene rings is 2. The summed E-state index contributed by atoms with van der Waals surface area (Å²) in [6, 6.07) is 10.5. The van der Waals surface area contributed by atoms with Crippen LogP contribution in [0.15, 0.2) is 53.4 Å². The second kappa shape index (κ2) is 6.89. The number of hydrogen-bond donors (Lipinski definition) is 2. The summed E-state index contributed by atoms with van der Waals surface area (Å²) < 4.78 is 39.4. The van der Waals surface area contributed by atoms with Crippen LogP contribution in [0.4, 0.5) is 10.1 Å². The van der Waals surface area contributed by atoms with Crippen LogP contribution in [0.5, 0.6) is 0 Å². The van der Waals surface area contributed by atoms with E-state index in [-0.39, 0.29) is 4.90 Å². The van der Waals surface area contributed by atoms with Crippen molar-refractivity contribution >= 4 is 21.6 Å². The summed E-state index contributed by atoms with van der Waals surface area (Å²) in [5.74, 6) is -1.02. The van der Waals surface area contributed by atoms with Gasteiger partial charge < -0.3 is 5.32 Å². The van der Waals surface area contributed by atoms with Crippen molar-refractivity contribution in [1.29, 1.82) is 0 Å². The van der Waals surface area contributed by atoms with Crippen molar-refractivity contribution in [1.82, 2.24) is 4.72 Å². The number of sulfonamides is 1. The van der Waals surface area contributed by atoms with Crippen LogP contribution < -0.4 is 10.0 Å². The summed E-state index contributed by atoms with van der Waals surface area (Å²) >= 11 is 0. The molecular weight excluding hydrogens is 319 g/mol. The third-order valence-corrected chi connectivity index (χ3v) is 4.72. The standard InChI is InChI=1S/C16H17FN2O3S/c1-11-3-7-14(8-4-11)18-16(20)12(2)19-23(21,22)15-9-5-13(17)6-10-15/h3-10,12,19H,1-2H3,(H,18,20)/t12-/m1/s1. The van der Waals surface area contributed by atoms with Crippen molar-refractivity contribution in [2.45, 2.75) is 24.8 Å². The van der Waals surface area contributed by atoms with Crippen molar-refractivity contribution in [3.63, 3.8) is 0 Å². The lowest BCUT2D eigenvalue weighted by Gasteiger charge is -2.14. The molecule has 0 radical (unpaired) electrons. The van der Waals surface area contributed by atoms with Gasteiger partial charge in [-0.25, -0.2) is 12.8 Å². The smallest absolute Gasteiger partial charge is 0.242 e. The van der Waals surface area contributed by atoms with Gasteiger partial charge in [0.05, 0.1) is 10.9 Å². The Kier molecular flexibility index (Phi) is 5.12. The van der Waals surface area contributed by atoms with Crippen LogP contribution in [-0.2, 0) is 14.8 Å². The van der Waals surface area contributed by atoms with E-state index in [2.05, 4.69) is 10.0 Å². The Morgan fingerprint density at radius 3 is 2.17 bits per heavy atom. The van der Waals surface area contributed by atoms with Gasteiger partial charge in [0, 0.05) is 5.69 Å². The van der Waals surface area contributed by atoms with Gasteiger partial charge in [-0.3, -0.25) is 4.79 Å². The minimum Gasteiger partial charge on any atom is -0.325 e. The normalized spacial score (nSPS) is 12.7. The highest BCUT2D eigenvalue weighted by Gasteiger charge is 2.22. The van der Waals surface area contributed by atoms with Crippen LogP contribution in [0.2, 0.25) is 0 Å². The molecule has 2 rings (SSSR count). The number of anilines is 1. The second-order valence-electron chi connectivity index (χ2n) is 5.15. The van der Waals surface area contributed by atoms with Gasteiger partial charge in [0.15, 0.2) is 0 Å². The van der Waals surface area contributed by atoms with E-state index in [4.69, 9.17) is 0 Å². The van der Waals surface area contributed by atoms with E-state index in [1.165, 1.54) is 6.92 Å². The predicted molar refractivity (Wildman–Crippen MR) is 86.0 cm³/mol. The third kappa shape index (κ3) is 4.61. The van der Waals surface area contributed by atoms with Crippen LogP contribution in [0.25, 0.3) is 0 Å². The van der Waals surface area contributed by atoms with Crippen molar-refractivity contribution in [2.24, 2.45) is 0 Å². The van der Waals surface area contributed by atoms with Crippen LogP contribution in [0, 0.1) is 12.7 Å². The molecule has 0 saturated heterocycles. The molecule has 1 atom stereocenters. The Bertz CT molecular complexity index is 787. The first-order valence-corrected chi connectivity index (χ1v) is 8.42. The summed E-state index contributed by atoms with van der Waals surface area (Å²) in [4.78, 5) is 12.0. The summed E-state index contributed by atoms with van der Waals surface area (Å²) in [5.41, 5.74) is 1.63. The highest BCUT2D eigenvalue weighted by molar-refractivity contribution is 7.89. The lowest BCUT2D eigenvalue weighted by molar-refractivity contribution is -0.117. The lowest BCUT2D eigenvalue weighted by Crippen LogP contribution is -2.41. The second-order valence-corrected chi connectivity index (χ2v) is 6.87. The van der Waals surface area contributed by atoms with Crippen LogP contribution >= 0.6 is 0 Å². The molecule has 0 bridgehead atoms. The molecule has 1 amide bonds. The molecule has 23 heavy (non-hydrogen) atoms. The molecule has 122 valence electrons. The Hall–Kier alpha value is -2.25. The predicted octanol–water partition coefficient (Wildman–Crippen LogP) is 2.44. The molecule has 2 aromatic carbocycles.